The molecule has 1 aliphatic heterocycles. The van der Waals surface area contributed by atoms with Gasteiger partial charge in [0, 0.05) is 26.1 Å². The number of nitrogens with zero attached hydrogens (tertiary/aromatic N) is 2. The van der Waals surface area contributed by atoms with Gasteiger partial charge in [0.25, 0.3) is 0 Å². The van der Waals surface area contributed by atoms with Crippen molar-refractivity contribution >= 4 is 17.5 Å². The van der Waals surface area contributed by atoms with Gasteiger partial charge < -0.3 is 9.80 Å². The quantitative estimate of drug-likeness (QED) is 0.823. The second kappa shape index (κ2) is 6.11. The minimum atomic E-state index is -0.399. The number of carbonyl (C=O) groups excluding carboxylic acids is 2. The Bertz CT molecular complexity index is 700. The predicted molar refractivity (Wildman–Crippen MR) is 93.6 cm³/mol. The number of carbonyl (C=O) groups is 2. The Morgan fingerprint density at radius 1 is 1.24 bits per heavy atom. The van der Waals surface area contributed by atoms with Crippen molar-refractivity contribution in [2.45, 2.75) is 45.1 Å². The zero-order chi connectivity index (χ0) is 17.7. The number of benzene rings is 1. The van der Waals surface area contributed by atoms with Crippen LogP contribution in [0.2, 0.25) is 0 Å². The van der Waals surface area contributed by atoms with E-state index in [1.54, 1.807) is 12.1 Å². The van der Waals surface area contributed by atoms with Gasteiger partial charge in [-0.25, -0.2) is 4.39 Å². The smallest absolute Gasteiger partial charge is 0.228 e. The Labute approximate surface area is 148 Å². The van der Waals surface area contributed by atoms with Crippen LogP contribution < -0.4 is 4.90 Å². The Morgan fingerprint density at radius 2 is 1.88 bits per heavy atom. The summed E-state index contributed by atoms with van der Waals surface area (Å²) in [6, 6.07) is 5.20. The molecule has 2 saturated carbocycles. The summed E-state index contributed by atoms with van der Waals surface area (Å²) in [7, 11) is 1.89. The van der Waals surface area contributed by atoms with Crippen LogP contribution in [0.15, 0.2) is 18.2 Å². The van der Waals surface area contributed by atoms with Crippen LogP contribution in [0.1, 0.15) is 37.7 Å². The highest BCUT2D eigenvalue weighted by Crippen LogP contribution is 2.47. The molecule has 1 atom stereocenters. The van der Waals surface area contributed by atoms with Crippen LogP contribution in [0, 0.1) is 30.5 Å². The van der Waals surface area contributed by atoms with Gasteiger partial charge in [0.1, 0.15) is 5.82 Å². The molecule has 1 aromatic rings. The summed E-state index contributed by atoms with van der Waals surface area (Å²) >= 11 is 0. The first-order valence-corrected chi connectivity index (χ1v) is 9.29. The van der Waals surface area contributed by atoms with Crippen LogP contribution in [0.5, 0.6) is 0 Å². The van der Waals surface area contributed by atoms with E-state index in [2.05, 4.69) is 0 Å². The number of rotatable bonds is 5. The average Bonchev–Trinajstić information content (AvgIpc) is 3.48. The third-order valence-corrected chi connectivity index (χ3v) is 5.87. The Morgan fingerprint density at radius 3 is 2.44 bits per heavy atom. The van der Waals surface area contributed by atoms with Gasteiger partial charge in [-0.1, -0.05) is 6.07 Å². The normalized spacial score (nSPS) is 23.4. The lowest BCUT2D eigenvalue weighted by Crippen LogP contribution is -2.43. The lowest BCUT2D eigenvalue weighted by atomic mass is 10.0. The first kappa shape index (κ1) is 16.6. The summed E-state index contributed by atoms with van der Waals surface area (Å²) in [5, 5.41) is 0. The molecule has 1 aromatic carbocycles. The van der Waals surface area contributed by atoms with Crippen LogP contribution in [0.4, 0.5) is 10.1 Å². The van der Waals surface area contributed by atoms with E-state index in [1.165, 1.54) is 36.6 Å². The van der Waals surface area contributed by atoms with Gasteiger partial charge in [0.15, 0.2) is 0 Å². The molecule has 1 heterocycles. The summed E-state index contributed by atoms with van der Waals surface area (Å²) in [6.07, 6.45) is 5.02. The van der Waals surface area contributed by atoms with Crippen molar-refractivity contribution in [2.24, 2.45) is 17.8 Å². The van der Waals surface area contributed by atoms with E-state index in [4.69, 9.17) is 0 Å². The summed E-state index contributed by atoms with van der Waals surface area (Å²) in [4.78, 5) is 28.7. The molecular weight excluding hydrogens is 319 g/mol. The zero-order valence-corrected chi connectivity index (χ0v) is 14.9. The zero-order valence-electron chi connectivity index (χ0n) is 14.9. The van der Waals surface area contributed by atoms with Gasteiger partial charge in [-0.05, 0) is 62.1 Å². The van der Waals surface area contributed by atoms with E-state index in [0.717, 1.165) is 5.56 Å². The fraction of sp³-hybridized carbons (Fsp3) is 0.600. The molecule has 0 aromatic heterocycles. The minimum Gasteiger partial charge on any atom is -0.342 e. The van der Waals surface area contributed by atoms with Crippen LogP contribution in [-0.2, 0) is 9.59 Å². The van der Waals surface area contributed by atoms with Crippen molar-refractivity contribution < 1.29 is 14.0 Å². The molecule has 4 rings (SSSR count). The third kappa shape index (κ3) is 3.16. The number of hydrogen-bond donors (Lipinski definition) is 0. The third-order valence-electron chi connectivity index (χ3n) is 5.87. The lowest BCUT2D eigenvalue weighted by Gasteiger charge is -2.30. The van der Waals surface area contributed by atoms with E-state index in [-0.39, 0.29) is 36.4 Å². The molecule has 134 valence electrons. The van der Waals surface area contributed by atoms with E-state index >= 15 is 0 Å². The van der Waals surface area contributed by atoms with Gasteiger partial charge in [0.05, 0.1) is 11.6 Å². The van der Waals surface area contributed by atoms with E-state index in [0.29, 0.717) is 17.9 Å². The molecule has 0 bridgehead atoms. The number of anilines is 1. The van der Waals surface area contributed by atoms with E-state index in [1.807, 2.05) is 18.9 Å². The molecule has 0 spiro atoms. The van der Waals surface area contributed by atoms with Crippen molar-refractivity contribution in [3.05, 3.63) is 29.6 Å². The Hall–Kier alpha value is -1.91. The largest absolute Gasteiger partial charge is 0.342 e. The highest BCUT2D eigenvalue weighted by molar-refractivity contribution is 6.00. The molecule has 0 N–H and O–H groups in total. The predicted octanol–water partition coefficient (Wildman–Crippen LogP) is 3.13. The summed E-state index contributed by atoms with van der Waals surface area (Å²) in [6.45, 7) is 2.10. The Balaban J connectivity index is 1.48. The maximum Gasteiger partial charge on any atom is 0.228 e. The van der Waals surface area contributed by atoms with E-state index in [9.17, 15) is 14.0 Å². The number of halogens is 1. The summed E-state index contributed by atoms with van der Waals surface area (Å²) in [5.74, 6) is 0.409. The van der Waals surface area contributed by atoms with Crippen molar-refractivity contribution in [1.82, 2.24) is 4.90 Å². The molecule has 2 amide bonds. The van der Waals surface area contributed by atoms with Gasteiger partial charge in [-0.2, -0.15) is 0 Å². The fourth-order valence-electron chi connectivity index (χ4n) is 4.26. The SMILES string of the molecule is Cc1ccc(N2CC(C(=O)N(C)C(C3CC3)C3CC3)CC2=O)c(F)c1. The van der Waals surface area contributed by atoms with Crippen molar-refractivity contribution in [3.63, 3.8) is 0 Å². The standard InChI is InChI=1S/C20H25FN2O2/c1-12-3-8-17(16(21)9-12)23-11-15(10-18(23)24)20(25)22(2)19(13-4-5-13)14-6-7-14/h3,8-9,13-15,19H,4-7,10-11H2,1-2H3. The molecule has 25 heavy (non-hydrogen) atoms. The monoisotopic (exact) mass is 344 g/mol. The molecule has 4 nitrogen and oxygen atoms in total. The molecule has 5 heteroatoms. The maximum absolute atomic E-state index is 14.2. The van der Waals surface area contributed by atoms with Crippen molar-refractivity contribution in [1.29, 1.82) is 0 Å². The summed E-state index contributed by atoms with van der Waals surface area (Å²) < 4.78 is 14.2. The first-order valence-electron chi connectivity index (χ1n) is 9.29. The number of amides is 2. The molecule has 1 unspecified atom stereocenters. The average molecular weight is 344 g/mol. The molecule has 1 saturated heterocycles. The second-order valence-corrected chi connectivity index (χ2v) is 7.97. The van der Waals surface area contributed by atoms with Crippen molar-refractivity contribution in [2.75, 3.05) is 18.5 Å². The van der Waals surface area contributed by atoms with Gasteiger partial charge in [0.2, 0.25) is 11.8 Å². The molecule has 3 aliphatic rings. The van der Waals surface area contributed by atoms with Gasteiger partial charge >= 0.3 is 0 Å². The van der Waals surface area contributed by atoms with E-state index < -0.39 is 5.82 Å². The second-order valence-electron chi connectivity index (χ2n) is 7.97. The van der Waals surface area contributed by atoms with Crippen LogP contribution >= 0.6 is 0 Å². The fourth-order valence-corrected chi connectivity index (χ4v) is 4.26. The van der Waals surface area contributed by atoms with Gasteiger partial charge in [-0.15, -0.1) is 0 Å². The Kier molecular flexibility index (Phi) is 4.05. The highest BCUT2D eigenvalue weighted by Gasteiger charge is 2.47. The lowest BCUT2D eigenvalue weighted by molar-refractivity contribution is -0.137. The van der Waals surface area contributed by atoms with Crippen LogP contribution in [0.3, 0.4) is 0 Å². The molecule has 3 fully saturated rings. The molecule has 2 aliphatic carbocycles. The van der Waals surface area contributed by atoms with Crippen LogP contribution in [0.25, 0.3) is 0 Å². The van der Waals surface area contributed by atoms with Gasteiger partial charge in [-0.3, -0.25) is 9.59 Å². The molecule has 0 radical (unpaired) electrons. The topological polar surface area (TPSA) is 40.6 Å². The number of hydrogen-bond acceptors (Lipinski definition) is 2. The maximum atomic E-state index is 14.2. The first-order chi connectivity index (χ1) is 12.0. The number of aryl methyl sites for hydroxylation is 1. The van der Waals surface area contributed by atoms with Crippen LogP contribution in [-0.4, -0.2) is 36.3 Å². The summed E-state index contributed by atoms with van der Waals surface area (Å²) in [5.41, 5.74) is 1.10. The highest BCUT2D eigenvalue weighted by atomic mass is 19.1. The molecular formula is C20H25FN2O2. The minimum absolute atomic E-state index is 0.0483. The van der Waals surface area contributed by atoms with Crippen molar-refractivity contribution in [3.8, 4) is 0 Å².